The van der Waals surface area contributed by atoms with Crippen LogP contribution in [0.1, 0.15) is 0 Å². The first-order chi connectivity index (χ1) is 12.2. The molecule has 0 spiro atoms. The highest BCUT2D eigenvalue weighted by Crippen LogP contribution is 2.22. The van der Waals surface area contributed by atoms with Crippen LogP contribution in [0.2, 0.25) is 0 Å². The predicted octanol–water partition coefficient (Wildman–Crippen LogP) is 3.27. The highest BCUT2D eigenvalue weighted by molar-refractivity contribution is 5.90. The summed E-state index contributed by atoms with van der Waals surface area (Å²) in [6.07, 6.45) is 0. The normalized spacial score (nSPS) is 16.9. The monoisotopic (exact) mass is 379 g/mol. The fraction of sp³-hybridized carbons (Fsp3) is 0.316. The van der Waals surface area contributed by atoms with Gasteiger partial charge in [0.05, 0.1) is 13.2 Å². The lowest BCUT2D eigenvalue weighted by Crippen LogP contribution is -2.37. The van der Waals surface area contributed by atoms with E-state index in [0.29, 0.717) is 25.4 Å². The summed E-state index contributed by atoms with van der Waals surface area (Å²) in [5.41, 5.74) is 2.50. The van der Waals surface area contributed by atoms with Crippen LogP contribution in [0.4, 0.5) is 14.9 Å². The Morgan fingerprint density at radius 3 is 2.81 bits per heavy atom. The van der Waals surface area contributed by atoms with Crippen molar-refractivity contribution in [3.05, 3.63) is 54.3 Å². The molecule has 1 unspecified atom stereocenters. The van der Waals surface area contributed by atoms with Gasteiger partial charge < -0.3 is 20.7 Å². The van der Waals surface area contributed by atoms with E-state index in [2.05, 4.69) is 16.0 Å². The summed E-state index contributed by atoms with van der Waals surface area (Å²) in [6, 6.07) is 13.5. The summed E-state index contributed by atoms with van der Waals surface area (Å²) >= 11 is 0. The molecule has 0 saturated carbocycles. The topological polar surface area (TPSA) is 62.4 Å². The second-order valence-corrected chi connectivity index (χ2v) is 6.07. The van der Waals surface area contributed by atoms with Crippen molar-refractivity contribution < 1.29 is 13.9 Å². The van der Waals surface area contributed by atoms with Crippen molar-refractivity contribution >= 4 is 24.1 Å². The highest BCUT2D eigenvalue weighted by Gasteiger charge is 2.13. The average molecular weight is 380 g/mol. The van der Waals surface area contributed by atoms with E-state index >= 15 is 0 Å². The van der Waals surface area contributed by atoms with Gasteiger partial charge in [-0.15, -0.1) is 12.4 Å². The number of anilines is 1. The number of ether oxygens (including phenoxy) is 1. The summed E-state index contributed by atoms with van der Waals surface area (Å²) in [5, 5.41) is 8.99. The van der Waals surface area contributed by atoms with Crippen molar-refractivity contribution in [3.63, 3.8) is 0 Å². The van der Waals surface area contributed by atoms with Crippen LogP contribution in [0.15, 0.2) is 48.5 Å². The van der Waals surface area contributed by atoms with Gasteiger partial charge in [0.2, 0.25) is 0 Å². The molecule has 26 heavy (non-hydrogen) atoms. The molecule has 1 atom stereocenters. The third-order valence-electron chi connectivity index (χ3n) is 4.06. The van der Waals surface area contributed by atoms with E-state index in [1.165, 1.54) is 12.1 Å². The summed E-state index contributed by atoms with van der Waals surface area (Å²) in [5.74, 6) is -0.00631. The summed E-state index contributed by atoms with van der Waals surface area (Å²) in [6.45, 7) is 3.59. The molecule has 1 aliphatic heterocycles. The molecule has 140 valence electrons. The van der Waals surface area contributed by atoms with Gasteiger partial charge in [-0.25, -0.2) is 9.18 Å². The zero-order valence-electron chi connectivity index (χ0n) is 14.3. The zero-order valence-corrected chi connectivity index (χ0v) is 15.2. The molecule has 1 aliphatic rings. The molecule has 1 saturated heterocycles. The van der Waals surface area contributed by atoms with E-state index in [1.54, 1.807) is 12.1 Å². The maximum Gasteiger partial charge on any atom is 0.319 e. The number of urea groups is 1. The number of carbonyl (C=O) groups is 1. The van der Waals surface area contributed by atoms with Gasteiger partial charge in [-0.1, -0.05) is 24.3 Å². The number of halogens is 2. The Morgan fingerprint density at radius 2 is 2.00 bits per heavy atom. The molecule has 3 N–H and O–H groups in total. The molecule has 0 bridgehead atoms. The third-order valence-corrected chi connectivity index (χ3v) is 4.06. The molecule has 0 radical (unpaired) electrons. The van der Waals surface area contributed by atoms with Crippen molar-refractivity contribution in [2.24, 2.45) is 5.92 Å². The number of carbonyl (C=O) groups excluding carboxylic acids is 1. The first kappa shape index (κ1) is 20.2. The number of benzene rings is 2. The molecular formula is C19H23ClFN3O2. The van der Waals surface area contributed by atoms with E-state index in [4.69, 9.17) is 4.74 Å². The number of hydrogen-bond donors (Lipinski definition) is 3. The van der Waals surface area contributed by atoms with Gasteiger partial charge in [-0.05, 0) is 35.4 Å². The van der Waals surface area contributed by atoms with Gasteiger partial charge in [0.25, 0.3) is 0 Å². The second kappa shape index (κ2) is 10.1. The maximum atomic E-state index is 13.0. The van der Waals surface area contributed by atoms with Crippen LogP contribution in [0.25, 0.3) is 11.1 Å². The molecular weight excluding hydrogens is 357 g/mol. The first-order valence-corrected chi connectivity index (χ1v) is 8.40. The fourth-order valence-corrected chi connectivity index (χ4v) is 2.72. The molecule has 2 amide bonds. The zero-order chi connectivity index (χ0) is 17.5. The van der Waals surface area contributed by atoms with Crippen molar-refractivity contribution in [1.29, 1.82) is 0 Å². The predicted molar refractivity (Wildman–Crippen MR) is 103 cm³/mol. The fourth-order valence-electron chi connectivity index (χ4n) is 2.72. The smallest absolute Gasteiger partial charge is 0.319 e. The quantitative estimate of drug-likeness (QED) is 0.764. The maximum absolute atomic E-state index is 13.0. The van der Waals surface area contributed by atoms with E-state index in [-0.39, 0.29) is 30.2 Å². The van der Waals surface area contributed by atoms with Crippen molar-refractivity contribution in [2.45, 2.75) is 0 Å². The Bertz CT molecular complexity index is 704. The number of nitrogens with one attached hydrogen (secondary N) is 3. The summed E-state index contributed by atoms with van der Waals surface area (Å²) < 4.78 is 18.5. The molecule has 1 heterocycles. The van der Waals surface area contributed by atoms with Crippen molar-refractivity contribution in [2.75, 3.05) is 38.2 Å². The van der Waals surface area contributed by atoms with E-state index in [9.17, 15) is 9.18 Å². The lowest BCUT2D eigenvalue weighted by Gasteiger charge is -2.15. The van der Waals surface area contributed by atoms with E-state index < -0.39 is 0 Å². The van der Waals surface area contributed by atoms with E-state index in [0.717, 1.165) is 24.2 Å². The van der Waals surface area contributed by atoms with Gasteiger partial charge in [0.1, 0.15) is 5.82 Å². The Hall–Kier alpha value is -2.15. The lowest BCUT2D eigenvalue weighted by atomic mass is 10.1. The largest absolute Gasteiger partial charge is 0.380 e. The van der Waals surface area contributed by atoms with Crippen LogP contribution in [0.3, 0.4) is 0 Å². The van der Waals surface area contributed by atoms with Gasteiger partial charge >= 0.3 is 6.03 Å². The van der Waals surface area contributed by atoms with Crippen LogP contribution >= 0.6 is 12.4 Å². The van der Waals surface area contributed by atoms with Crippen molar-refractivity contribution in [3.8, 4) is 11.1 Å². The van der Waals surface area contributed by atoms with Gasteiger partial charge in [0.15, 0.2) is 0 Å². The molecule has 2 aromatic rings. The highest BCUT2D eigenvalue weighted by atomic mass is 35.5. The molecule has 2 aromatic carbocycles. The van der Waals surface area contributed by atoms with Crippen LogP contribution in [0.5, 0.6) is 0 Å². The second-order valence-electron chi connectivity index (χ2n) is 6.07. The number of amides is 2. The van der Waals surface area contributed by atoms with E-state index in [1.807, 2.05) is 24.3 Å². The van der Waals surface area contributed by atoms with Crippen LogP contribution < -0.4 is 16.0 Å². The minimum atomic E-state index is -0.269. The Morgan fingerprint density at radius 1 is 1.19 bits per heavy atom. The van der Waals surface area contributed by atoms with Gasteiger partial charge in [-0.2, -0.15) is 0 Å². The molecule has 7 heteroatoms. The number of rotatable bonds is 4. The molecule has 1 fully saturated rings. The Balaban J connectivity index is 0.00000243. The third kappa shape index (κ3) is 5.98. The average Bonchev–Trinajstić information content (AvgIpc) is 2.90. The molecule has 5 nitrogen and oxygen atoms in total. The van der Waals surface area contributed by atoms with Crippen LogP contribution in [-0.4, -0.2) is 38.9 Å². The minimum absolute atomic E-state index is 0. The van der Waals surface area contributed by atoms with Crippen LogP contribution in [-0.2, 0) is 4.74 Å². The van der Waals surface area contributed by atoms with Crippen molar-refractivity contribution in [1.82, 2.24) is 10.6 Å². The molecule has 3 rings (SSSR count). The first-order valence-electron chi connectivity index (χ1n) is 8.40. The SMILES string of the molecule is Cl.O=C(NCC1CNCCOC1)Nc1cccc(-c2ccc(F)cc2)c1. The number of hydrogen-bond acceptors (Lipinski definition) is 3. The molecule has 0 aliphatic carbocycles. The van der Waals surface area contributed by atoms with Crippen LogP contribution in [0, 0.1) is 11.7 Å². The lowest BCUT2D eigenvalue weighted by molar-refractivity contribution is 0.123. The Kier molecular flexibility index (Phi) is 7.84. The van der Waals surface area contributed by atoms with Gasteiger partial charge in [0, 0.05) is 31.2 Å². The minimum Gasteiger partial charge on any atom is -0.380 e. The Labute approximate surface area is 158 Å². The summed E-state index contributed by atoms with van der Waals surface area (Å²) in [7, 11) is 0. The standard InChI is InChI=1S/C19H22FN3O2.ClH/c20-17-6-4-15(5-7-17)16-2-1-3-18(10-16)23-19(24)22-12-14-11-21-8-9-25-13-14;/h1-7,10,14,21H,8-9,11-13H2,(H2,22,23,24);1H. The summed E-state index contributed by atoms with van der Waals surface area (Å²) in [4.78, 5) is 12.1. The van der Waals surface area contributed by atoms with Gasteiger partial charge in [-0.3, -0.25) is 0 Å². The molecule has 0 aromatic heterocycles.